The van der Waals surface area contributed by atoms with E-state index >= 15 is 0 Å². The molecule has 0 bridgehead atoms. The van der Waals surface area contributed by atoms with E-state index in [0.29, 0.717) is 17.5 Å². The average Bonchev–Trinajstić information content (AvgIpc) is 2.87. The first-order chi connectivity index (χ1) is 12.1. The number of aromatic nitrogens is 1. The van der Waals surface area contributed by atoms with Gasteiger partial charge in [0.25, 0.3) is 0 Å². The van der Waals surface area contributed by atoms with Gasteiger partial charge in [0.15, 0.2) is 11.6 Å². The summed E-state index contributed by atoms with van der Waals surface area (Å²) in [6.07, 6.45) is 1.43. The summed E-state index contributed by atoms with van der Waals surface area (Å²) in [7, 11) is 0. The molecule has 0 radical (unpaired) electrons. The molecule has 1 aliphatic carbocycles. The minimum Gasteiger partial charge on any atom is -0.393 e. The lowest BCUT2D eigenvalue weighted by molar-refractivity contribution is 0.0748. The molecule has 0 spiro atoms. The van der Waals surface area contributed by atoms with Crippen LogP contribution in [0.2, 0.25) is 0 Å². The van der Waals surface area contributed by atoms with Crippen LogP contribution < -0.4 is 0 Å². The van der Waals surface area contributed by atoms with Crippen molar-refractivity contribution in [2.24, 2.45) is 5.92 Å². The van der Waals surface area contributed by atoms with Crippen LogP contribution in [0.4, 0.5) is 0 Å². The quantitative estimate of drug-likeness (QED) is 0.745. The Kier molecular flexibility index (Phi) is 3.90. The number of Topliss-reactive ketones (excluding diaryl/α,β-unsaturated/α-hetero) is 2. The number of aliphatic hydroxyl groups is 1. The lowest BCUT2D eigenvalue weighted by atomic mass is 9.94. The minimum atomic E-state index is -0.791. The SMILES string of the molecule is O=C1c2ccccc2C(=O)C1CC(O)Cc1cc2ccccc2cn1. The molecule has 0 fully saturated rings. The molecule has 4 rings (SSSR count). The van der Waals surface area contributed by atoms with Gasteiger partial charge in [0.2, 0.25) is 0 Å². The Morgan fingerprint density at radius 1 is 0.920 bits per heavy atom. The molecule has 4 heteroatoms. The standard InChI is InChI=1S/C21H17NO3/c23-16(10-15-9-13-5-1-2-6-14(13)12-22-15)11-19-20(24)17-7-3-4-8-18(17)21(19)25/h1-9,12,16,19,23H,10-11H2. The zero-order valence-corrected chi connectivity index (χ0v) is 13.6. The Bertz CT molecular complexity index is 945. The highest BCUT2D eigenvalue weighted by atomic mass is 16.3. The summed E-state index contributed by atoms with van der Waals surface area (Å²) in [5.41, 5.74) is 1.68. The van der Waals surface area contributed by atoms with Gasteiger partial charge in [-0.25, -0.2) is 0 Å². The second-order valence-electron chi connectivity index (χ2n) is 6.44. The first-order valence-corrected chi connectivity index (χ1v) is 8.32. The average molecular weight is 331 g/mol. The minimum absolute atomic E-state index is 0.126. The fourth-order valence-corrected chi connectivity index (χ4v) is 3.46. The predicted octanol–water partition coefficient (Wildman–Crippen LogP) is 3.22. The molecule has 4 nitrogen and oxygen atoms in total. The molecule has 0 amide bonds. The Labute approximate surface area is 145 Å². The van der Waals surface area contributed by atoms with E-state index in [-0.39, 0.29) is 18.0 Å². The predicted molar refractivity (Wildman–Crippen MR) is 94.7 cm³/mol. The first-order valence-electron chi connectivity index (χ1n) is 8.32. The van der Waals surface area contributed by atoms with Crippen LogP contribution >= 0.6 is 0 Å². The van der Waals surface area contributed by atoms with Crippen LogP contribution in [0.3, 0.4) is 0 Å². The van der Waals surface area contributed by atoms with Gasteiger partial charge in [0, 0.05) is 34.8 Å². The van der Waals surface area contributed by atoms with Gasteiger partial charge < -0.3 is 5.11 Å². The highest BCUT2D eigenvalue weighted by Gasteiger charge is 2.39. The maximum atomic E-state index is 12.4. The normalized spacial score (nSPS) is 15.6. The fraction of sp³-hybridized carbons (Fsp3) is 0.190. The highest BCUT2D eigenvalue weighted by molar-refractivity contribution is 6.26. The molecule has 3 aromatic rings. The molecule has 2 aromatic carbocycles. The van der Waals surface area contributed by atoms with Gasteiger partial charge in [-0.2, -0.15) is 0 Å². The van der Waals surface area contributed by atoms with Crippen molar-refractivity contribution in [3.63, 3.8) is 0 Å². The van der Waals surface area contributed by atoms with Gasteiger partial charge in [-0.3, -0.25) is 14.6 Å². The molecule has 1 unspecified atom stereocenters. The van der Waals surface area contributed by atoms with Crippen molar-refractivity contribution < 1.29 is 14.7 Å². The van der Waals surface area contributed by atoms with Crippen molar-refractivity contribution in [2.75, 3.05) is 0 Å². The number of aliphatic hydroxyl groups excluding tert-OH is 1. The van der Waals surface area contributed by atoms with Crippen LogP contribution in [0.15, 0.2) is 60.8 Å². The third kappa shape index (κ3) is 2.85. The molecule has 1 heterocycles. The summed E-state index contributed by atoms with van der Waals surface area (Å²) in [6, 6.07) is 16.7. The topological polar surface area (TPSA) is 67.3 Å². The number of rotatable bonds is 4. The number of pyridine rings is 1. The van der Waals surface area contributed by atoms with Crippen molar-refractivity contribution in [1.29, 1.82) is 0 Å². The molecule has 1 N–H and O–H groups in total. The molecule has 1 aromatic heterocycles. The third-order valence-corrected chi connectivity index (χ3v) is 4.73. The summed E-state index contributed by atoms with van der Waals surface area (Å²) in [5.74, 6) is -1.16. The zero-order chi connectivity index (χ0) is 17.4. The summed E-state index contributed by atoms with van der Waals surface area (Å²) < 4.78 is 0. The lowest BCUT2D eigenvalue weighted by Gasteiger charge is -2.13. The smallest absolute Gasteiger partial charge is 0.174 e. The zero-order valence-electron chi connectivity index (χ0n) is 13.6. The lowest BCUT2D eigenvalue weighted by Crippen LogP contribution is -2.24. The number of hydrogen-bond donors (Lipinski definition) is 1. The van der Waals surface area contributed by atoms with Crippen molar-refractivity contribution in [3.8, 4) is 0 Å². The van der Waals surface area contributed by atoms with E-state index in [1.807, 2.05) is 30.3 Å². The van der Waals surface area contributed by atoms with E-state index in [2.05, 4.69) is 4.98 Å². The number of benzene rings is 2. The monoisotopic (exact) mass is 331 g/mol. The molecule has 0 saturated carbocycles. The Hall–Kier alpha value is -2.85. The van der Waals surface area contributed by atoms with Crippen LogP contribution in [-0.2, 0) is 6.42 Å². The van der Waals surface area contributed by atoms with E-state index in [0.717, 1.165) is 16.5 Å². The van der Waals surface area contributed by atoms with Gasteiger partial charge in [0.05, 0.1) is 12.0 Å². The number of carbonyl (C=O) groups is 2. The van der Waals surface area contributed by atoms with Crippen LogP contribution in [0.1, 0.15) is 32.8 Å². The second-order valence-corrected chi connectivity index (χ2v) is 6.44. The summed E-state index contributed by atoms with van der Waals surface area (Å²) in [5, 5.41) is 12.5. The van der Waals surface area contributed by atoms with Crippen molar-refractivity contribution in [2.45, 2.75) is 18.9 Å². The van der Waals surface area contributed by atoms with Crippen LogP contribution in [-0.4, -0.2) is 27.8 Å². The number of hydrogen-bond acceptors (Lipinski definition) is 4. The fourth-order valence-electron chi connectivity index (χ4n) is 3.46. The first kappa shape index (κ1) is 15.7. The van der Waals surface area contributed by atoms with Gasteiger partial charge in [0.1, 0.15) is 0 Å². The number of fused-ring (bicyclic) bond motifs is 2. The number of ketones is 2. The molecule has 0 aliphatic heterocycles. The summed E-state index contributed by atoms with van der Waals surface area (Å²) >= 11 is 0. The number of carbonyl (C=O) groups excluding carboxylic acids is 2. The molecular weight excluding hydrogens is 314 g/mol. The second kappa shape index (κ2) is 6.22. The van der Waals surface area contributed by atoms with Crippen LogP contribution in [0, 0.1) is 5.92 Å². The van der Waals surface area contributed by atoms with Crippen LogP contribution in [0.5, 0.6) is 0 Å². The van der Waals surface area contributed by atoms with E-state index in [4.69, 9.17) is 0 Å². The Morgan fingerprint density at radius 3 is 2.20 bits per heavy atom. The maximum absolute atomic E-state index is 12.4. The van der Waals surface area contributed by atoms with Gasteiger partial charge in [-0.05, 0) is 17.9 Å². The van der Waals surface area contributed by atoms with Crippen molar-refractivity contribution in [3.05, 3.63) is 77.6 Å². The van der Waals surface area contributed by atoms with Crippen LogP contribution in [0.25, 0.3) is 10.8 Å². The van der Waals surface area contributed by atoms with E-state index in [1.54, 1.807) is 30.5 Å². The summed E-state index contributed by atoms with van der Waals surface area (Å²) in [4.78, 5) is 29.2. The molecular formula is C21H17NO3. The van der Waals surface area contributed by atoms with Gasteiger partial charge in [-0.15, -0.1) is 0 Å². The molecule has 0 saturated heterocycles. The highest BCUT2D eigenvalue weighted by Crippen LogP contribution is 2.30. The van der Waals surface area contributed by atoms with Gasteiger partial charge >= 0.3 is 0 Å². The molecule has 1 aliphatic rings. The molecule has 25 heavy (non-hydrogen) atoms. The number of nitrogens with zero attached hydrogens (tertiary/aromatic N) is 1. The largest absolute Gasteiger partial charge is 0.393 e. The molecule has 1 atom stereocenters. The third-order valence-electron chi connectivity index (χ3n) is 4.73. The van der Waals surface area contributed by atoms with Gasteiger partial charge in [-0.1, -0.05) is 48.5 Å². The van der Waals surface area contributed by atoms with Crippen molar-refractivity contribution >= 4 is 22.3 Å². The van der Waals surface area contributed by atoms with E-state index in [9.17, 15) is 14.7 Å². The summed E-state index contributed by atoms with van der Waals surface area (Å²) in [6.45, 7) is 0. The molecule has 124 valence electrons. The maximum Gasteiger partial charge on any atom is 0.174 e. The van der Waals surface area contributed by atoms with E-state index < -0.39 is 12.0 Å². The van der Waals surface area contributed by atoms with E-state index in [1.165, 1.54) is 0 Å². The Balaban J connectivity index is 1.49. The van der Waals surface area contributed by atoms with Crippen molar-refractivity contribution in [1.82, 2.24) is 4.98 Å². The Morgan fingerprint density at radius 2 is 1.52 bits per heavy atom.